The van der Waals surface area contributed by atoms with Crippen LogP contribution in [-0.2, 0) is 9.47 Å². The summed E-state index contributed by atoms with van der Waals surface area (Å²) < 4.78 is 11.7. The molecule has 2 heteroatoms. The lowest BCUT2D eigenvalue weighted by Gasteiger charge is -2.38. The first-order valence-electron chi connectivity index (χ1n) is 9.80. The Labute approximate surface area is 140 Å². The summed E-state index contributed by atoms with van der Waals surface area (Å²) in [5, 5.41) is 0. The fourth-order valence-corrected chi connectivity index (χ4v) is 3.57. The minimum absolute atomic E-state index is 0.365. The van der Waals surface area contributed by atoms with Gasteiger partial charge in [-0.05, 0) is 19.3 Å². The van der Waals surface area contributed by atoms with Crippen molar-refractivity contribution in [3.8, 4) is 0 Å². The van der Waals surface area contributed by atoms with Gasteiger partial charge in [0.2, 0.25) is 0 Å². The van der Waals surface area contributed by atoms with Crippen LogP contribution in [0.1, 0.15) is 104 Å². The van der Waals surface area contributed by atoms with Crippen molar-refractivity contribution >= 4 is 0 Å². The molecule has 22 heavy (non-hydrogen) atoms. The topological polar surface area (TPSA) is 18.5 Å². The number of hydrogen-bond donors (Lipinski definition) is 0. The highest BCUT2D eigenvalue weighted by molar-refractivity contribution is 4.78. The van der Waals surface area contributed by atoms with Crippen LogP contribution in [0.5, 0.6) is 0 Å². The zero-order valence-corrected chi connectivity index (χ0v) is 16.1. The van der Waals surface area contributed by atoms with E-state index in [4.69, 9.17) is 9.47 Å². The lowest BCUT2D eigenvalue weighted by atomic mass is 9.85. The van der Waals surface area contributed by atoms with Crippen LogP contribution in [0.3, 0.4) is 0 Å². The third kappa shape index (κ3) is 8.53. The Morgan fingerprint density at radius 2 is 1.05 bits per heavy atom. The van der Waals surface area contributed by atoms with Crippen LogP contribution in [0.4, 0.5) is 0 Å². The Kier molecular flexibility index (Phi) is 14.5. The molecule has 0 saturated carbocycles. The summed E-state index contributed by atoms with van der Waals surface area (Å²) >= 11 is 0. The summed E-state index contributed by atoms with van der Waals surface area (Å²) in [6.45, 7) is 6.74. The van der Waals surface area contributed by atoms with Gasteiger partial charge in [0.1, 0.15) is 0 Å². The number of unbranched alkanes of at least 4 members (excludes halogenated alkanes) is 8. The van der Waals surface area contributed by atoms with Crippen molar-refractivity contribution in [2.24, 2.45) is 5.92 Å². The van der Waals surface area contributed by atoms with Gasteiger partial charge < -0.3 is 9.47 Å². The highest BCUT2D eigenvalue weighted by Crippen LogP contribution is 2.34. The quantitative estimate of drug-likeness (QED) is 0.232. The molecule has 134 valence electrons. The summed E-state index contributed by atoms with van der Waals surface area (Å²) in [5.74, 6) is 0.172. The fraction of sp³-hybridized carbons (Fsp3) is 1.00. The first kappa shape index (κ1) is 21.9. The van der Waals surface area contributed by atoms with Crippen LogP contribution in [0.2, 0.25) is 0 Å². The molecule has 0 aliphatic heterocycles. The molecule has 0 aliphatic rings. The molecule has 2 nitrogen and oxygen atoms in total. The Bertz CT molecular complexity index is 215. The Balaban J connectivity index is 4.32. The summed E-state index contributed by atoms with van der Waals surface area (Å²) in [5.41, 5.74) is 0. The van der Waals surface area contributed by atoms with Crippen molar-refractivity contribution in [3.63, 3.8) is 0 Å². The molecular weight excluding hydrogens is 272 g/mol. The van der Waals surface area contributed by atoms with E-state index in [0.717, 1.165) is 6.42 Å². The van der Waals surface area contributed by atoms with E-state index in [1.807, 2.05) is 14.2 Å². The third-order valence-electron chi connectivity index (χ3n) is 5.12. The number of methoxy groups -OCH3 is 2. The monoisotopic (exact) mass is 314 g/mol. The fourth-order valence-electron chi connectivity index (χ4n) is 3.57. The van der Waals surface area contributed by atoms with Crippen LogP contribution in [-0.4, -0.2) is 20.0 Å². The Hall–Kier alpha value is -0.0800. The lowest BCUT2D eigenvalue weighted by molar-refractivity contribution is -0.244. The van der Waals surface area contributed by atoms with Crippen molar-refractivity contribution in [1.29, 1.82) is 0 Å². The minimum Gasteiger partial charge on any atom is -0.353 e. The molecule has 0 spiro atoms. The smallest absolute Gasteiger partial charge is 0.170 e. The van der Waals surface area contributed by atoms with Gasteiger partial charge in [0.15, 0.2) is 5.79 Å². The first-order valence-corrected chi connectivity index (χ1v) is 9.80. The van der Waals surface area contributed by atoms with E-state index in [0.29, 0.717) is 5.92 Å². The molecule has 1 unspecified atom stereocenters. The van der Waals surface area contributed by atoms with Gasteiger partial charge in [0.25, 0.3) is 0 Å². The second-order valence-corrected chi connectivity index (χ2v) is 6.68. The van der Waals surface area contributed by atoms with Gasteiger partial charge in [-0.2, -0.15) is 0 Å². The highest BCUT2D eigenvalue weighted by atomic mass is 16.7. The highest BCUT2D eigenvalue weighted by Gasteiger charge is 2.36. The predicted octanol–water partition coefficient (Wildman–Crippen LogP) is 6.72. The van der Waals surface area contributed by atoms with Crippen molar-refractivity contribution < 1.29 is 9.47 Å². The zero-order chi connectivity index (χ0) is 16.7. The number of rotatable bonds is 16. The maximum Gasteiger partial charge on any atom is 0.170 e. The molecule has 0 aromatic carbocycles. The van der Waals surface area contributed by atoms with E-state index in [1.165, 1.54) is 77.0 Å². The standard InChI is InChI=1S/C20H42O2/c1-6-9-11-13-14-16-18-19(17-15-12-10-7-2)20(8-3,21-4)22-5/h19H,6-18H2,1-5H3. The number of ether oxygens (including phenoxy) is 2. The molecule has 0 N–H and O–H groups in total. The summed E-state index contributed by atoms with van der Waals surface area (Å²) in [4.78, 5) is 0. The summed E-state index contributed by atoms with van der Waals surface area (Å²) in [7, 11) is 3.63. The third-order valence-corrected chi connectivity index (χ3v) is 5.12. The van der Waals surface area contributed by atoms with Gasteiger partial charge >= 0.3 is 0 Å². The average Bonchev–Trinajstić information content (AvgIpc) is 2.55. The Morgan fingerprint density at radius 1 is 0.636 bits per heavy atom. The van der Waals surface area contributed by atoms with Crippen LogP contribution in [0.15, 0.2) is 0 Å². The van der Waals surface area contributed by atoms with Gasteiger partial charge in [-0.1, -0.05) is 85.0 Å². The molecule has 0 bridgehead atoms. The molecule has 0 aromatic rings. The molecule has 0 fully saturated rings. The van der Waals surface area contributed by atoms with Gasteiger partial charge in [0, 0.05) is 20.1 Å². The van der Waals surface area contributed by atoms with Crippen LogP contribution >= 0.6 is 0 Å². The van der Waals surface area contributed by atoms with Crippen LogP contribution in [0.25, 0.3) is 0 Å². The SMILES string of the molecule is CCCCCCCCC(CCCCCC)C(CC)(OC)OC. The lowest BCUT2D eigenvalue weighted by Crippen LogP contribution is -2.41. The van der Waals surface area contributed by atoms with E-state index < -0.39 is 0 Å². The maximum atomic E-state index is 5.83. The molecule has 1 atom stereocenters. The van der Waals surface area contributed by atoms with Crippen LogP contribution < -0.4 is 0 Å². The van der Waals surface area contributed by atoms with E-state index >= 15 is 0 Å². The summed E-state index contributed by atoms with van der Waals surface area (Å²) in [6, 6.07) is 0. The molecular formula is C20H42O2. The van der Waals surface area contributed by atoms with E-state index in [1.54, 1.807) is 0 Å². The predicted molar refractivity (Wildman–Crippen MR) is 97.3 cm³/mol. The molecule has 0 aliphatic carbocycles. The second-order valence-electron chi connectivity index (χ2n) is 6.68. The minimum atomic E-state index is -0.365. The van der Waals surface area contributed by atoms with Gasteiger partial charge in [-0.15, -0.1) is 0 Å². The summed E-state index contributed by atoms with van der Waals surface area (Å²) in [6.07, 6.45) is 16.9. The van der Waals surface area contributed by atoms with Gasteiger partial charge in [-0.25, -0.2) is 0 Å². The molecule has 0 aromatic heterocycles. The zero-order valence-electron chi connectivity index (χ0n) is 16.1. The molecule has 0 saturated heterocycles. The Morgan fingerprint density at radius 3 is 1.45 bits per heavy atom. The van der Waals surface area contributed by atoms with Crippen molar-refractivity contribution in [3.05, 3.63) is 0 Å². The molecule has 0 amide bonds. The second kappa shape index (κ2) is 14.5. The van der Waals surface area contributed by atoms with Crippen molar-refractivity contribution in [2.45, 2.75) is 110 Å². The van der Waals surface area contributed by atoms with Gasteiger partial charge in [0.05, 0.1) is 0 Å². The van der Waals surface area contributed by atoms with E-state index in [-0.39, 0.29) is 5.79 Å². The van der Waals surface area contributed by atoms with Crippen molar-refractivity contribution in [1.82, 2.24) is 0 Å². The van der Waals surface area contributed by atoms with E-state index in [9.17, 15) is 0 Å². The van der Waals surface area contributed by atoms with E-state index in [2.05, 4.69) is 20.8 Å². The largest absolute Gasteiger partial charge is 0.353 e. The molecule has 0 heterocycles. The van der Waals surface area contributed by atoms with Gasteiger partial charge in [-0.3, -0.25) is 0 Å². The maximum absolute atomic E-state index is 5.83. The van der Waals surface area contributed by atoms with Crippen LogP contribution in [0, 0.1) is 5.92 Å². The normalized spacial score (nSPS) is 13.5. The first-order chi connectivity index (χ1) is 10.7. The number of hydrogen-bond acceptors (Lipinski definition) is 2. The van der Waals surface area contributed by atoms with Crippen molar-refractivity contribution in [2.75, 3.05) is 14.2 Å². The average molecular weight is 315 g/mol. The molecule has 0 rings (SSSR count). The molecule has 0 radical (unpaired) electrons.